The molecule has 0 saturated carbocycles. The number of amides is 1. The van der Waals surface area contributed by atoms with E-state index in [2.05, 4.69) is 10.3 Å². The summed E-state index contributed by atoms with van der Waals surface area (Å²) in [6.07, 6.45) is 3.68. The third-order valence-electron chi connectivity index (χ3n) is 5.35. The van der Waals surface area contributed by atoms with Gasteiger partial charge in [0.25, 0.3) is 0 Å². The molecule has 158 valence electrons. The summed E-state index contributed by atoms with van der Waals surface area (Å²) in [6.45, 7) is 3.47. The molecule has 2 aromatic carbocycles. The lowest BCUT2D eigenvalue weighted by Gasteiger charge is -2.15. The van der Waals surface area contributed by atoms with Gasteiger partial charge in [-0.05, 0) is 55.7 Å². The fraction of sp³-hybridized carbons (Fsp3) is 0.333. The Hall–Kier alpha value is -2.42. The number of aromatic nitrogens is 2. The topological polar surface area (TPSA) is 84.3 Å². The van der Waals surface area contributed by atoms with Crippen molar-refractivity contribution in [2.75, 3.05) is 18.4 Å². The Morgan fingerprint density at radius 2 is 1.93 bits per heavy atom. The van der Waals surface area contributed by atoms with Gasteiger partial charge in [-0.25, -0.2) is 13.4 Å². The summed E-state index contributed by atoms with van der Waals surface area (Å²) in [6, 6.07) is 10.3. The lowest BCUT2D eigenvalue weighted by molar-refractivity contribution is -0.116. The van der Waals surface area contributed by atoms with Gasteiger partial charge in [0.2, 0.25) is 15.9 Å². The maximum absolute atomic E-state index is 12.8. The molecule has 1 N–H and O–H groups in total. The molecule has 1 fully saturated rings. The van der Waals surface area contributed by atoms with E-state index in [-0.39, 0.29) is 17.2 Å². The van der Waals surface area contributed by atoms with Gasteiger partial charge in [-0.3, -0.25) is 4.79 Å². The number of carbonyl (C=O) groups excluding carboxylic acids is 1. The molecule has 0 atom stereocenters. The number of hydrogen-bond acceptors (Lipinski definition) is 4. The van der Waals surface area contributed by atoms with Crippen molar-refractivity contribution in [3.8, 4) is 0 Å². The number of benzene rings is 2. The van der Waals surface area contributed by atoms with Crippen LogP contribution < -0.4 is 5.32 Å². The number of hydrogen-bond donors (Lipinski definition) is 1. The Balaban J connectivity index is 1.46. The molecule has 2 heterocycles. The summed E-state index contributed by atoms with van der Waals surface area (Å²) in [5.74, 6) is -0.129. The molecule has 0 radical (unpaired) electrons. The zero-order valence-electron chi connectivity index (χ0n) is 16.6. The molecule has 1 aliphatic heterocycles. The molecule has 9 heteroatoms. The Bertz CT molecular complexity index is 1200. The van der Waals surface area contributed by atoms with E-state index >= 15 is 0 Å². The largest absolute Gasteiger partial charge is 0.330 e. The lowest BCUT2D eigenvalue weighted by atomic mass is 10.2. The molecule has 0 spiro atoms. The fourth-order valence-electron chi connectivity index (χ4n) is 3.62. The van der Waals surface area contributed by atoms with Crippen molar-refractivity contribution in [2.45, 2.75) is 37.6 Å². The van der Waals surface area contributed by atoms with Crippen molar-refractivity contribution >= 4 is 44.3 Å². The Kier molecular flexibility index (Phi) is 5.81. The quantitative estimate of drug-likeness (QED) is 0.624. The number of rotatable bonds is 6. The second kappa shape index (κ2) is 8.37. The third-order valence-corrected chi connectivity index (χ3v) is 7.48. The van der Waals surface area contributed by atoms with E-state index in [9.17, 15) is 13.2 Å². The smallest absolute Gasteiger partial charge is 0.243 e. The Morgan fingerprint density at radius 1 is 1.17 bits per heavy atom. The van der Waals surface area contributed by atoms with E-state index in [1.54, 1.807) is 36.7 Å². The highest BCUT2D eigenvalue weighted by molar-refractivity contribution is 7.89. The zero-order chi connectivity index (χ0) is 21.3. The highest BCUT2D eigenvalue weighted by atomic mass is 35.5. The first-order chi connectivity index (χ1) is 14.3. The lowest BCUT2D eigenvalue weighted by Crippen LogP contribution is -2.27. The van der Waals surface area contributed by atoms with Crippen LogP contribution in [0.5, 0.6) is 0 Å². The van der Waals surface area contributed by atoms with Crippen molar-refractivity contribution in [3.05, 3.63) is 53.3 Å². The van der Waals surface area contributed by atoms with E-state index in [0.29, 0.717) is 35.9 Å². The number of halogens is 1. The van der Waals surface area contributed by atoms with Crippen molar-refractivity contribution in [1.29, 1.82) is 0 Å². The molecule has 1 aromatic heterocycles. The van der Waals surface area contributed by atoms with Crippen LogP contribution in [0.4, 0.5) is 5.69 Å². The van der Waals surface area contributed by atoms with E-state index < -0.39 is 10.0 Å². The normalized spacial score (nSPS) is 15.0. The van der Waals surface area contributed by atoms with Gasteiger partial charge in [0.15, 0.2) is 0 Å². The number of fused-ring (bicyclic) bond motifs is 1. The predicted octanol–water partition coefficient (Wildman–Crippen LogP) is 3.81. The highest BCUT2D eigenvalue weighted by Crippen LogP contribution is 2.24. The number of aryl methyl sites for hydroxylation is 2. The van der Waals surface area contributed by atoms with Gasteiger partial charge in [-0.1, -0.05) is 17.7 Å². The van der Waals surface area contributed by atoms with Gasteiger partial charge in [0, 0.05) is 36.8 Å². The number of nitrogens with zero attached hydrogens (tertiary/aromatic N) is 3. The maximum Gasteiger partial charge on any atom is 0.243 e. The first-order valence-corrected chi connectivity index (χ1v) is 11.7. The Labute approximate surface area is 180 Å². The molecule has 4 rings (SSSR count). The van der Waals surface area contributed by atoms with Gasteiger partial charge in [-0.15, -0.1) is 0 Å². The molecular weight excluding hydrogens is 424 g/mol. The fourth-order valence-corrected chi connectivity index (χ4v) is 5.33. The minimum atomic E-state index is -3.48. The van der Waals surface area contributed by atoms with Crippen molar-refractivity contribution in [2.24, 2.45) is 0 Å². The highest BCUT2D eigenvalue weighted by Gasteiger charge is 2.27. The van der Waals surface area contributed by atoms with Gasteiger partial charge in [-0.2, -0.15) is 4.31 Å². The summed E-state index contributed by atoms with van der Waals surface area (Å²) in [5.41, 5.74) is 3.02. The van der Waals surface area contributed by atoms with Crippen LogP contribution in [-0.4, -0.2) is 41.3 Å². The van der Waals surface area contributed by atoms with Crippen LogP contribution in [0.2, 0.25) is 5.02 Å². The SMILES string of the molecule is Cc1ccc(Cl)cc1NC(=O)CCn1cnc2cc(S(=O)(=O)N3CCCC3)ccc21. The number of sulfonamides is 1. The number of anilines is 1. The summed E-state index contributed by atoms with van der Waals surface area (Å²) in [5, 5.41) is 3.45. The molecule has 30 heavy (non-hydrogen) atoms. The molecule has 7 nitrogen and oxygen atoms in total. The van der Waals surface area contributed by atoms with Crippen molar-refractivity contribution < 1.29 is 13.2 Å². The molecule has 3 aromatic rings. The van der Waals surface area contributed by atoms with Gasteiger partial charge < -0.3 is 9.88 Å². The van der Waals surface area contributed by atoms with Crippen LogP contribution in [0.3, 0.4) is 0 Å². The second-order valence-corrected chi connectivity index (χ2v) is 9.83. The van der Waals surface area contributed by atoms with Crippen LogP contribution in [0.15, 0.2) is 47.6 Å². The van der Waals surface area contributed by atoms with Crippen LogP contribution in [0, 0.1) is 6.92 Å². The molecule has 1 amide bonds. The molecule has 1 aliphatic rings. The molecule has 0 unspecified atom stereocenters. The summed E-state index contributed by atoms with van der Waals surface area (Å²) in [4.78, 5) is 17.0. The number of carbonyl (C=O) groups is 1. The zero-order valence-corrected chi connectivity index (χ0v) is 18.2. The molecule has 0 aliphatic carbocycles. The summed E-state index contributed by atoms with van der Waals surface area (Å²) >= 11 is 6.00. The van der Waals surface area contributed by atoms with E-state index in [1.807, 2.05) is 17.6 Å². The third kappa shape index (κ3) is 4.21. The van der Waals surface area contributed by atoms with Crippen molar-refractivity contribution in [3.63, 3.8) is 0 Å². The predicted molar refractivity (Wildman–Crippen MR) is 117 cm³/mol. The number of nitrogens with one attached hydrogen (secondary N) is 1. The van der Waals surface area contributed by atoms with E-state index in [1.165, 1.54) is 4.31 Å². The minimum absolute atomic E-state index is 0.129. The van der Waals surface area contributed by atoms with Gasteiger partial charge >= 0.3 is 0 Å². The van der Waals surface area contributed by atoms with Gasteiger partial charge in [0.05, 0.1) is 22.3 Å². The standard InChI is InChI=1S/C21H23ClN4O3S/c1-15-4-5-16(22)12-18(15)24-21(27)8-11-25-14-23-19-13-17(6-7-20(19)25)30(28,29)26-9-2-3-10-26/h4-7,12-14H,2-3,8-11H2,1H3,(H,24,27). The second-order valence-electron chi connectivity index (χ2n) is 7.46. The average Bonchev–Trinajstić information content (AvgIpc) is 3.39. The maximum atomic E-state index is 12.8. The molecular formula is C21H23ClN4O3S. The average molecular weight is 447 g/mol. The summed E-state index contributed by atoms with van der Waals surface area (Å²) in [7, 11) is -3.48. The van der Waals surface area contributed by atoms with Crippen LogP contribution in [0.25, 0.3) is 11.0 Å². The van der Waals surface area contributed by atoms with Crippen LogP contribution >= 0.6 is 11.6 Å². The first kappa shape index (κ1) is 20.8. The van der Waals surface area contributed by atoms with E-state index in [4.69, 9.17) is 11.6 Å². The molecule has 0 bridgehead atoms. The minimum Gasteiger partial charge on any atom is -0.330 e. The summed E-state index contributed by atoms with van der Waals surface area (Å²) < 4.78 is 28.9. The van der Waals surface area contributed by atoms with Crippen molar-refractivity contribution in [1.82, 2.24) is 13.9 Å². The monoisotopic (exact) mass is 446 g/mol. The Morgan fingerprint density at radius 3 is 2.70 bits per heavy atom. The number of imidazole rings is 1. The van der Waals surface area contributed by atoms with E-state index in [0.717, 1.165) is 23.9 Å². The van der Waals surface area contributed by atoms with Crippen LogP contribution in [-0.2, 0) is 21.4 Å². The molecule has 1 saturated heterocycles. The van der Waals surface area contributed by atoms with Crippen LogP contribution in [0.1, 0.15) is 24.8 Å². The first-order valence-electron chi connectivity index (χ1n) is 9.86. The van der Waals surface area contributed by atoms with Gasteiger partial charge in [0.1, 0.15) is 0 Å².